The minimum atomic E-state index is -4.50. The predicted octanol–water partition coefficient (Wildman–Crippen LogP) is 2.74. The van der Waals surface area contributed by atoms with Crippen molar-refractivity contribution in [2.45, 2.75) is 44.4 Å². The van der Waals surface area contributed by atoms with Gasteiger partial charge in [-0.15, -0.1) is 0 Å². The maximum atomic E-state index is 12.7. The third kappa shape index (κ3) is 4.95. The first-order valence-corrected chi connectivity index (χ1v) is 9.37. The second-order valence-corrected chi connectivity index (χ2v) is 7.82. The lowest BCUT2D eigenvalue weighted by molar-refractivity contribution is -0.140. The summed E-state index contributed by atoms with van der Waals surface area (Å²) >= 11 is 0. The minimum absolute atomic E-state index is 0.0930. The average Bonchev–Trinajstić information content (AvgIpc) is 2.89. The zero-order chi connectivity index (χ0) is 20.5. The standard InChI is InChI=1S/C19H25F3N4O2/c1-25(2)10-12-3-6-14(7-4-12)23-17(27)13-5-8-16-15(9-13)24-18(28)26(16)11-19(20,21)22/h5,8-9,12,14H,3-4,6-7,10-11H2,1-2H3,(H,23,27)(H,24,28). The number of halogens is 3. The number of carbonyl (C=O) groups excluding carboxylic acids is 1. The Bertz CT molecular complexity index is 893. The Balaban J connectivity index is 1.67. The van der Waals surface area contributed by atoms with Crippen molar-refractivity contribution in [2.75, 3.05) is 20.6 Å². The lowest BCUT2D eigenvalue weighted by atomic mass is 9.85. The Labute approximate surface area is 160 Å². The van der Waals surface area contributed by atoms with Crippen LogP contribution in [-0.4, -0.2) is 53.2 Å². The minimum Gasteiger partial charge on any atom is -0.349 e. The molecule has 1 aromatic carbocycles. The van der Waals surface area contributed by atoms with Crippen LogP contribution in [0, 0.1) is 5.92 Å². The van der Waals surface area contributed by atoms with Crippen LogP contribution < -0.4 is 11.0 Å². The van der Waals surface area contributed by atoms with Gasteiger partial charge in [0, 0.05) is 18.2 Å². The van der Waals surface area contributed by atoms with Crippen LogP contribution in [0.2, 0.25) is 0 Å². The first-order valence-electron chi connectivity index (χ1n) is 9.37. The molecule has 1 amide bonds. The van der Waals surface area contributed by atoms with E-state index in [2.05, 4.69) is 29.3 Å². The zero-order valence-electron chi connectivity index (χ0n) is 16.0. The predicted molar refractivity (Wildman–Crippen MR) is 100 cm³/mol. The van der Waals surface area contributed by atoms with E-state index in [-0.39, 0.29) is 23.0 Å². The van der Waals surface area contributed by atoms with Crippen LogP contribution in [0.15, 0.2) is 23.0 Å². The number of amides is 1. The molecule has 154 valence electrons. The van der Waals surface area contributed by atoms with Crippen molar-refractivity contribution in [2.24, 2.45) is 5.92 Å². The highest BCUT2D eigenvalue weighted by Gasteiger charge is 2.30. The number of aromatic amines is 1. The van der Waals surface area contributed by atoms with Gasteiger partial charge in [-0.3, -0.25) is 9.36 Å². The van der Waals surface area contributed by atoms with Gasteiger partial charge in [0.25, 0.3) is 5.91 Å². The number of fused-ring (bicyclic) bond motifs is 1. The van der Waals surface area contributed by atoms with Crippen LogP contribution >= 0.6 is 0 Å². The van der Waals surface area contributed by atoms with E-state index >= 15 is 0 Å². The van der Waals surface area contributed by atoms with Crippen LogP contribution in [0.5, 0.6) is 0 Å². The molecule has 0 saturated heterocycles. The number of imidazole rings is 1. The average molecular weight is 398 g/mol. The molecule has 1 aromatic heterocycles. The Morgan fingerprint density at radius 3 is 2.54 bits per heavy atom. The highest BCUT2D eigenvalue weighted by molar-refractivity contribution is 5.97. The summed E-state index contributed by atoms with van der Waals surface area (Å²) in [6.45, 7) is -0.326. The molecule has 0 spiro atoms. The lowest BCUT2D eigenvalue weighted by Crippen LogP contribution is -2.39. The second kappa shape index (κ2) is 7.98. The molecule has 1 aliphatic carbocycles. The summed E-state index contributed by atoms with van der Waals surface area (Å²) in [5.74, 6) is 0.361. The van der Waals surface area contributed by atoms with Gasteiger partial charge >= 0.3 is 11.9 Å². The van der Waals surface area contributed by atoms with Gasteiger partial charge in [-0.1, -0.05) is 0 Å². The summed E-state index contributed by atoms with van der Waals surface area (Å²) in [6, 6.07) is 4.35. The molecule has 2 aromatic rings. The van der Waals surface area contributed by atoms with Crippen molar-refractivity contribution in [1.82, 2.24) is 19.8 Å². The Morgan fingerprint density at radius 1 is 1.25 bits per heavy atom. The molecule has 1 fully saturated rings. The summed E-state index contributed by atoms with van der Waals surface area (Å²) in [5, 5.41) is 3.00. The van der Waals surface area contributed by atoms with Gasteiger partial charge in [0.05, 0.1) is 11.0 Å². The Morgan fingerprint density at radius 2 is 1.93 bits per heavy atom. The van der Waals surface area contributed by atoms with E-state index in [1.54, 1.807) is 0 Å². The summed E-state index contributed by atoms with van der Waals surface area (Å²) in [4.78, 5) is 28.9. The fraction of sp³-hybridized carbons (Fsp3) is 0.579. The van der Waals surface area contributed by atoms with Crippen LogP contribution in [0.1, 0.15) is 36.0 Å². The maximum absolute atomic E-state index is 12.7. The Kier molecular flexibility index (Phi) is 5.83. The molecule has 0 aliphatic heterocycles. The van der Waals surface area contributed by atoms with Crippen molar-refractivity contribution < 1.29 is 18.0 Å². The Hall–Kier alpha value is -2.29. The molecular weight excluding hydrogens is 373 g/mol. The van der Waals surface area contributed by atoms with E-state index < -0.39 is 18.4 Å². The van der Waals surface area contributed by atoms with Gasteiger partial charge in [0.2, 0.25) is 0 Å². The van der Waals surface area contributed by atoms with Crippen molar-refractivity contribution in [3.8, 4) is 0 Å². The van der Waals surface area contributed by atoms with E-state index in [0.717, 1.165) is 32.2 Å². The van der Waals surface area contributed by atoms with Gasteiger partial charge in [-0.25, -0.2) is 4.79 Å². The van der Waals surface area contributed by atoms with Gasteiger partial charge in [0.15, 0.2) is 0 Å². The molecule has 1 heterocycles. The van der Waals surface area contributed by atoms with Gasteiger partial charge in [-0.2, -0.15) is 13.2 Å². The third-order valence-electron chi connectivity index (χ3n) is 5.18. The van der Waals surface area contributed by atoms with Crippen LogP contribution in [0.25, 0.3) is 11.0 Å². The first-order chi connectivity index (χ1) is 13.1. The van der Waals surface area contributed by atoms with E-state index in [4.69, 9.17) is 0 Å². The number of H-pyrrole nitrogens is 1. The summed E-state index contributed by atoms with van der Waals surface area (Å²) in [7, 11) is 4.10. The second-order valence-electron chi connectivity index (χ2n) is 7.82. The monoisotopic (exact) mass is 398 g/mol. The molecule has 3 rings (SSSR count). The topological polar surface area (TPSA) is 70.1 Å². The molecule has 2 N–H and O–H groups in total. The number of carbonyl (C=O) groups is 1. The van der Waals surface area contributed by atoms with E-state index in [0.29, 0.717) is 16.0 Å². The SMILES string of the molecule is CN(C)CC1CCC(NC(=O)c2ccc3c(c2)[nH]c(=O)n3CC(F)(F)F)CC1. The quantitative estimate of drug-likeness (QED) is 0.814. The number of alkyl halides is 3. The molecular formula is C19H25F3N4O2. The maximum Gasteiger partial charge on any atom is 0.406 e. The smallest absolute Gasteiger partial charge is 0.349 e. The first kappa shape index (κ1) is 20.4. The molecule has 0 radical (unpaired) electrons. The number of benzene rings is 1. The van der Waals surface area contributed by atoms with Gasteiger partial charge < -0.3 is 15.2 Å². The van der Waals surface area contributed by atoms with Crippen molar-refractivity contribution >= 4 is 16.9 Å². The highest BCUT2D eigenvalue weighted by Crippen LogP contribution is 2.25. The number of nitrogens with one attached hydrogen (secondary N) is 2. The molecule has 1 aliphatic rings. The number of rotatable bonds is 5. The third-order valence-corrected chi connectivity index (χ3v) is 5.18. The number of aromatic nitrogens is 2. The summed E-state index contributed by atoms with van der Waals surface area (Å²) in [5.41, 5.74) is -0.174. The van der Waals surface area contributed by atoms with Crippen LogP contribution in [0.3, 0.4) is 0 Å². The van der Waals surface area contributed by atoms with E-state index in [1.807, 2.05) is 0 Å². The molecule has 0 bridgehead atoms. The lowest BCUT2D eigenvalue weighted by Gasteiger charge is -2.30. The van der Waals surface area contributed by atoms with Crippen molar-refractivity contribution in [3.63, 3.8) is 0 Å². The number of hydrogen-bond donors (Lipinski definition) is 2. The fourth-order valence-corrected chi connectivity index (χ4v) is 3.92. The number of nitrogens with zero attached hydrogens (tertiary/aromatic N) is 2. The van der Waals surface area contributed by atoms with Crippen molar-refractivity contribution in [3.05, 3.63) is 34.2 Å². The van der Waals surface area contributed by atoms with Crippen LogP contribution in [-0.2, 0) is 6.54 Å². The molecule has 28 heavy (non-hydrogen) atoms. The summed E-state index contributed by atoms with van der Waals surface area (Å²) in [6.07, 6.45) is -0.581. The van der Waals surface area contributed by atoms with E-state index in [9.17, 15) is 22.8 Å². The molecule has 0 atom stereocenters. The molecule has 1 saturated carbocycles. The van der Waals surface area contributed by atoms with Crippen molar-refractivity contribution in [1.29, 1.82) is 0 Å². The van der Waals surface area contributed by atoms with E-state index in [1.165, 1.54) is 18.2 Å². The number of hydrogen-bond acceptors (Lipinski definition) is 3. The molecule has 9 heteroatoms. The highest BCUT2D eigenvalue weighted by atomic mass is 19.4. The largest absolute Gasteiger partial charge is 0.406 e. The molecule has 6 nitrogen and oxygen atoms in total. The summed E-state index contributed by atoms with van der Waals surface area (Å²) < 4.78 is 38.6. The normalized spacial score (nSPS) is 20.6. The van der Waals surface area contributed by atoms with Gasteiger partial charge in [-0.05, 0) is 63.9 Å². The zero-order valence-corrected chi connectivity index (χ0v) is 16.0. The molecule has 0 unspecified atom stereocenters. The van der Waals surface area contributed by atoms with Crippen LogP contribution in [0.4, 0.5) is 13.2 Å². The fourth-order valence-electron chi connectivity index (χ4n) is 3.92. The van der Waals surface area contributed by atoms with Gasteiger partial charge in [0.1, 0.15) is 6.54 Å².